The van der Waals surface area contributed by atoms with Crippen molar-refractivity contribution in [1.29, 1.82) is 0 Å². The van der Waals surface area contributed by atoms with Crippen LogP contribution in [0, 0.1) is 6.57 Å². The van der Waals surface area contributed by atoms with E-state index in [1.807, 2.05) is 72.8 Å². The first kappa shape index (κ1) is 24.6. The minimum absolute atomic E-state index is 0.173. The molecule has 4 nitrogen and oxygen atoms in total. The second-order valence-corrected chi connectivity index (χ2v) is 10.8. The number of fused-ring (bicyclic) bond motifs is 3. The predicted octanol–water partition coefficient (Wildman–Crippen LogP) is 9.40. The lowest BCUT2D eigenvalue weighted by Crippen LogP contribution is -2.14. The molecule has 0 aliphatic heterocycles. The number of rotatable bonds is 4. The Morgan fingerprint density at radius 3 is 1.61 bits per heavy atom. The first-order valence-electron chi connectivity index (χ1n) is 13.7. The van der Waals surface area contributed by atoms with Crippen molar-refractivity contribution in [3.05, 3.63) is 144 Å². The fourth-order valence-electron chi connectivity index (χ4n) is 5.82. The molecule has 0 spiro atoms. The van der Waals surface area contributed by atoms with Gasteiger partial charge in [-0.05, 0) is 33.4 Å². The van der Waals surface area contributed by atoms with E-state index >= 15 is 0 Å². The first-order chi connectivity index (χ1) is 20.0. The molecule has 4 heteroatoms. The lowest BCUT2D eigenvalue weighted by molar-refractivity contribution is 0.661. The molecule has 1 aliphatic carbocycles. The summed E-state index contributed by atoms with van der Waals surface area (Å²) in [6.45, 7) is 12.0. The third-order valence-electron chi connectivity index (χ3n) is 7.97. The lowest BCUT2D eigenvalue weighted by Gasteiger charge is -2.22. The van der Waals surface area contributed by atoms with E-state index in [0.29, 0.717) is 23.2 Å². The molecule has 0 unspecified atom stereocenters. The highest BCUT2D eigenvalue weighted by Gasteiger charge is 2.36. The molecule has 194 valence electrons. The van der Waals surface area contributed by atoms with Gasteiger partial charge in [0.25, 0.3) is 0 Å². The Morgan fingerprint density at radius 2 is 1.05 bits per heavy atom. The normalized spacial score (nSPS) is 12.8. The number of hydrogen-bond acceptors (Lipinski definition) is 3. The topological polar surface area (TPSA) is 43.0 Å². The zero-order valence-corrected chi connectivity index (χ0v) is 22.8. The Bertz CT molecular complexity index is 1890. The van der Waals surface area contributed by atoms with Crippen molar-refractivity contribution >= 4 is 5.69 Å². The maximum Gasteiger partial charge on any atom is 0.187 e. The van der Waals surface area contributed by atoms with Crippen LogP contribution in [-0.2, 0) is 5.41 Å². The molecule has 1 aromatic heterocycles. The third-order valence-corrected chi connectivity index (χ3v) is 7.97. The van der Waals surface area contributed by atoms with Gasteiger partial charge in [0, 0.05) is 22.1 Å². The molecular formula is C37H26N4. The molecule has 1 aliphatic rings. The van der Waals surface area contributed by atoms with Gasteiger partial charge in [0.15, 0.2) is 23.2 Å². The van der Waals surface area contributed by atoms with Crippen LogP contribution in [0.1, 0.15) is 25.0 Å². The van der Waals surface area contributed by atoms with Gasteiger partial charge >= 0.3 is 0 Å². The van der Waals surface area contributed by atoms with Gasteiger partial charge in [0.05, 0.1) is 6.57 Å². The number of nitrogens with zero attached hydrogens (tertiary/aromatic N) is 4. The van der Waals surface area contributed by atoms with E-state index in [4.69, 9.17) is 21.5 Å². The maximum atomic E-state index is 7.50. The van der Waals surface area contributed by atoms with Gasteiger partial charge in [0.2, 0.25) is 0 Å². The first-order valence-corrected chi connectivity index (χ1v) is 13.7. The SMILES string of the molecule is [C-]#[N+]c1ccc2c(c1)C(C)(C)c1cccc(-c3ccc(-c4nc(-c5ccccc5)nc(-c5ccccc5)n4)cc3)c1-2. The molecule has 0 saturated carbocycles. The highest BCUT2D eigenvalue weighted by molar-refractivity contribution is 5.93. The van der Waals surface area contributed by atoms with Crippen LogP contribution in [0.3, 0.4) is 0 Å². The molecule has 0 bridgehead atoms. The van der Waals surface area contributed by atoms with Crippen LogP contribution in [0.15, 0.2) is 121 Å². The summed E-state index contributed by atoms with van der Waals surface area (Å²) in [5.74, 6) is 1.94. The van der Waals surface area contributed by atoms with Gasteiger partial charge in [-0.15, -0.1) is 0 Å². The van der Waals surface area contributed by atoms with Crippen molar-refractivity contribution < 1.29 is 0 Å². The molecule has 5 aromatic carbocycles. The summed E-state index contributed by atoms with van der Waals surface area (Å²) in [6.07, 6.45) is 0. The summed E-state index contributed by atoms with van der Waals surface area (Å²) in [4.78, 5) is 18.2. The summed E-state index contributed by atoms with van der Waals surface area (Å²) in [5.41, 5.74) is 10.6. The van der Waals surface area contributed by atoms with Gasteiger partial charge in [-0.3, -0.25) is 0 Å². The van der Waals surface area contributed by atoms with Crippen molar-refractivity contribution in [3.8, 4) is 56.4 Å². The van der Waals surface area contributed by atoms with E-state index in [-0.39, 0.29) is 5.41 Å². The standard InChI is InChI=1S/C37H26N4/c1-37(2)31-16-10-15-29(33(31)30-22-21-28(38-3)23-32(30)37)24-17-19-27(20-18-24)36-40-34(25-11-6-4-7-12-25)39-35(41-36)26-13-8-5-9-14-26/h4-23H,1-2H3. The minimum Gasteiger partial charge on any atom is -0.238 e. The molecule has 6 aromatic rings. The molecule has 0 amide bonds. The molecule has 0 fully saturated rings. The van der Waals surface area contributed by atoms with Gasteiger partial charge in [-0.1, -0.05) is 135 Å². The number of hydrogen-bond donors (Lipinski definition) is 0. The smallest absolute Gasteiger partial charge is 0.187 e. The fraction of sp³-hybridized carbons (Fsp3) is 0.0811. The van der Waals surface area contributed by atoms with E-state index in [9.17, 15) is 0 Å². The van der Waals surface area contributed by atoms with E-state index in [1.165, 1.54) is 27.8 Å². The highest BCUT2D eigenvalue weighted by Crippen LogP contribution is 2.52. The summed E-state index contributed by atoms with van der Waals surface area (Å²) in [7, 11) is 0. The zero-order valence-electron chi connectivity index (χ0n) is 22.8. The maximum absolute atomic E-state index is 7.50. The lowest BCUT2D eigenvalue weighted by atomic mass is 9.82. The fourth-order valence-corrected chi connectivity index (χ4v) is 5.82. The zero-order chi connectivity index (χ0) is 28.0. The number of aromatic nitrogens is 3. The second kappa shape index (κ2) is 9.66. The molecule has 0 atom stereocenters. The average molecular weight is 527 g/mol. The molecule has 0 N–H and O–H groups in total. The quantitative estimate of drug-likeness (QED) is 0.215. The van der Waals surface area contributed by atoms with Crippen molar-refractivity contribution in [2.45, 2.75) is 19.3 Å². The van der Waals surface area contributed by atoms with Gasteiger partial charge in [0.1, 0.15) is 0 Å². The molecule has 7 rings (SSSR count). The Hall–Kier alpha value is -5.40. The number of benzene rings is 5. The van der Waals surface area contributed by atoms with Crippen LogP contribution in [0.4, 0.5) is 5.69 Å². The summed E-state index contributed by atoms with van der Waals surface area (Å²) in [5, 5.41) is 0. The Morgan fingerprint density at radius 1 is 0.512 bits per heavy atom. The second-order valence-electron chi connectivity index (χ2n) is 10.8. The van der Waals surface area contributed by atoms with Crippen LogP contribution in [0.25, 0.3) is 61.3 Å². The monoisotopic (exact) mass is 526 g/mol. The molecule has 0 saturated heterocycles. The Balaban J connectivity index is 1.33. The van der Waals surface area contributed by atoms with Crippen LogP contribution in [0.5, 0.6) is 0 Å². The summed E-state index contributed by atoms with van der Waals surface area (Å²) < 4.78 is 0. The Labute approximate surface area is 239 Å². The molecule has 0 radical (unpaired) electrons. The van der Waals surface area contributed by atoms with Crippen LogP contribution in [0.2, 0.25) is 0 Å². The van der Waals surface area contributed by atoms with Crippen molar-refractivity contribution in [1.82, 2.24) is 15.0 Å². The van der Waals surface area contributed by atoms with E-state index < -0.39 is 0 Å². The van der Waals surface area contributed by atoms with Gasteiger partial charge in [-0.2, -0.15) is 0 Å². The largest absolute Gasteiger partial charge is 0.238 e. The molecule has 1 heterocycles. The van der Waals surface area contributed by atoms with Crippen molar-refractivity contribution in [2.75, 3.05) is 0 Å². The molecular weight excluding hydrogens is 500 g/mol. The molecule has 41 heavy (non-hydrogen) atoms. The van der Waals surface area contributed by atoms with Crippen molar-refractivity contribution in [3.63, 3.8) is 0 Å². The predicted molar refractivity (Wildman–Crippen MR) is 165 cm³/mol. The van der Waals surface area contributed by atoms with E-state index in [2.05, 4.69) is 67.2 Å². The summed E-state index contributed by atoms with van der Waals surface area (Å²) in [6, 6.07) is 41.2. The van der Waals surface area contributed by atoms with Crippen LogP contribution < -0.4 is 0 Å². The van der Waals surface area contributed by atoms with Crippen LogP contribution in [-0.4, -0.2) is 15.0 Å². The Kier molecular flexibility index (Phi) is 5.80. The van der Waals surface area contributed by atoms with Crippen molar-refractivity contribution in [2.24, 2.45) is 0 Å². The van der Waals surface area contributed by atoms with E-state index in [1.54, 1.807) is 0 Å². The highest BCUT2D eigenvalue weighted by atomic mass is 15.0. The van der Waals surface area contributed by atoms with E-state index in [0.717, 1.165) is 22.3 Å². The van der Waals surface area contributed by atoms with Gasteiger partial charge in [-0.25, -0.2) is 19.8 Å². The summed E-state index contributed by atoms with van der Waals surface area (Å²) >= 11 is 0. The minimum atomic E-state index is -0.173. The average Bonchev–Trinajstić information content (AvgIpc) is 3.27. The van der Waals surface area contributed by atoms with Gasteiger partial charge < -0.3 is 0 Å². The third kappa shape index (κ3) is 4.20. The van der Waals surface area contributed by atoms with Crippen LogP contribution >= 0.6 is 0 Å².